The van der Waals surface area contributed by atoms with Gasteiger partial charge in [-0.05, 0) is 48.9 Å². The number of hydrogen-bond donors (Lipinski definition) is 1. The lowest BCUT2D eigenvalue weighted by Crippen LogP contribution is -2.24. The number of fused-ring (bicyclic) bond motifs is 1. The lowest BCUT2D eigenvalue weighted by atomic mass is 10.1. The maximum atomic E-state index is 13.2. The number of amides is 1. The predicted octanol–water partition coefficient (Wildman–Crippen LogP) is 4.78. The van der Waals surface area contributed by atoms with Crippen molar-refractivity contribution in [2.45, 2.75) is 12.1 Å². The number of carbonyl (C=O) groups is 1. The third kappa shape index (κ3) is 4.98. The minimum absolute atomic E-state index is 0.0624. The average Bonchev–Trinajstić information content (AvgIpc) is 2.82. The minimum Gasteiger partial charge on any atom is -0.272 e. The molecule has 0 saturated carbocycles. The van der Waals surface area contributed by atoms with Crippen molar-refractivity contribution in [2.24, 2.45) is 5.10 Å². The van der Waals surface area contributed by atoms with E-state index in [0.29, 0.717) is 27.5 Å². The Morgan fingerprint density at radius 3 is 2.59 bits per heavy atom. The molecule has 0 fully saturated rings. The quantitative estimate of drug-likeness (QED) is 0.176. The Kier molecular flexibility index (Phi) is 6.82. The zero-order valence-electron chi connectivity index (χ0n) is 17.2. The summed E-state index contributed by atoms with van der Waals surface area (Å²) in [5.74, 6) is -0.223. The first kappa shape index (κ1) is 22.0. The first-order valence-corrected chi connectivity index (χ1v) is 11.6. The topological polar surface area (TPSA) is 76.3 Å². The van der Waals surface area contributed by atoms with Gasteiger partial charge in [-0.1, -0.05) is 70.2 Å². The maximum absolute atomic E-state index is 13.2. The first-order chi connectivity index (χ1) is 15.5. The monoisotopic (exact) mass is 506 g/mol. The number of benzene rings is 3. The van der Waals surface area contributed by atoms with Gasteiger partial charge in [0, 0.05) is 4.47 Å². The molecular weight excluding hydrogens is 488 g/mol. The highest BCUT2D eigenvalue weighted by atomic mass is 79.9. The molecule has 0 aliphatic heterocycles. The van der Waals surface area contributed by atoms with E-state index in [0.717, 1.165) is 10.0 Å². The summed E-state index contributed by atoms with van der Waals surface area (Å²) in [6.45, 7) is 1.83. The van der Waals surface area contributed by atoms with Crippen molar-refractivity contribution in [3.63, 3.8) is 0 Å². The number of halogens is 1. The number of hydrogen-bond acceptors (Lipinski definition) is 5. The number of aromatic nitrogens is 2. The number of nitrogens with zero attached hydrogens (tertiary/aromatic N) is 3. The number of rotatable bonds is 6. The van der Waals surface area contributed by atoms with Gasteiger partial charge >= 0.3 is 0 Å². The summed E-state index contributed by atoms with van der Waals surface area (Å²) < 4.78 is 2.48. The van der Waals surface area contributed by atoms with E-state index in [-0.39, 0.29) is 17.2 Å². The van der Waals surface area contributed by atoms with Gasteiger partial charge in [-0.25, -0.2) is 10.4 Å². The van der Waals surface area contributed by atoms with Gasteiger partial charge in [-0.2, -0.15) is 5.10 Å². The lowest BCUT2D eigenvalue weighted by Gasteiger charge is -2.13. The van der Waals surface area contributed by atoms with Crippen LogP contribution in [-0.2, 0) is 4.79 Å². The fourth-order valence-electron chi connectivity index (χ4n) is 3.10. The molecule has 0 bridgehead atoms. The number of carbonyl (C=O) groups excluding carboxylic acids is 1. The molecule has 0 aliphatic carbocycles. The standard InChI is InChI=1S/C24H19BrN4O2S/c1-16(17-8-7-9-18(25)14-17)27-28-22(30)15-32-24-26-21-13-6-5-12-20(21)23(31)29(24)19-10-3-2-4-11-19/h2-14H,15H2,1H3,(H,28,30). The summed E-state index contributed by atoms with van der Waals surface area (Å²) in [5, 5.41) is 5.16. The second kappa shape index (κ2) is 9.93. The Bertz CT molecular complexity index is 1370. The number of para-hydroxylation sites is 2. The van der Waals surface area contributed by atoms with E-state index in [9.17, 15) is 9.59 Å². The van der Waals surface area contributed by atoms with Crippen molar-refractivity contribution in [3.05, 3.63) is 99.3 Å². The van der Waals surface area contributed by atoms with E-state index in [2.05, 4.69) is 31.4 Å². The van der Waals surface area contributed by atoms with Crippen molar-refractivity contribution >= 4 is 50.2 Å². The van der Waals surface area contributed by atoms with E-state index in [1.165, 1.54) is 16.3 Å². The van der Waals surface area contributed by atoms with Crippen molar-refractivity contribution in [3.8, 4) is 5.69 Å². The second-order valence-corrected chi connectivity index (χ2v) is 8.78. The Morgan fingerprint density at radius 2 is 1.81 bits per heavy atom. The van der Waals surface area contributed by atoms with Crippen molar-refractivity contribution < 1.29 is 4.79 Å². The molecule has 0 unspecified atom stereocenters. The maximum Gasteiger partial charge on any atom is 0.266 e. The summed E-state index contributed by atoms with van der Waals surface area (Å²) in [7, 11) is 0. The Balaban J connectivity index is 1.57. The summed E-state index contributed by atoms with van der Waals surface area (Å²) in [6.07, 6.45) is 0. The molecule has 4 aromatic rings. The molecule has 1 N–H and O–H groups in total. The molecule has 0 atom stereocenters. The fourth-order valence-corrected chi connectivity index (χ4v) is 4.30. The molecule has 0 saturated heterocycles. The summed E-state index contributed by atoms with van der Waals surface area (Å²) in [6, 6.07) is 24.2. The molecule has 0 radical (unpaired) electrons. The zero-order valence-corrected chi connectivity index (χ0v) is 19.6. The van der Waals surface area contributed by atoms with E-state index in [1.807, 2.05) is 73.7 Å². The molecular formula is C24H19BrN4O2S. The Morgan fingerprint density at radius 1 is 1.06 bits per heavy atom. The SMILES string of the molecule is CC(=NNC(=O)CSc1nc2ccccc2c(=O)n1-c1ccccc1)c1cccc(Br)c1. The molecule has 3 aromatic carbocycles. The smallest absolute Gasteiger partial charge is 0.266 e. The van der Waals surface area contributed by atoms with Gasteiger partial charge in [0.2, 0.25) is 0 Å². The fraction of sp³-hybridized carbons (Fsp3) is 0.0833. The highest BCUT2D eigenvalue weighted by Crippen LogP contribution is 2.21. The normalized spacial score (nSPS) is 11.5. The van der Waals surface area contributed by atoms with Crippen LogP contribution in [0.3, 0.4) is 0 Å². The largest absolute Gasteiger partial charge is 0.272 e. The van der Waals surface area contributed by atoms with Crippen LogP contribution in [0.15, 0.2) is 98.4 Å². The van der Waals surface area contributed by atoms with Crippen LogP contribution >= 0.6 is 27.7 Å². The van der Waals surface area contributed by atoms with Gasteiger partial charge in [-0.15, -0.1) is 0 Å². The van der Waals surface area contributed by atoms with Crippen LogP contribution in [0.1, 0.15) is 12.5 Å². The van der Waals surface area contributed by atoms with Crippen LogP contribution in [0.25, 0.3) is 16.6 Å². The van der Waals surface area contributed by atoms with Crippen molar-refractivity contribution in [2.75, 3.05) is 5.75 Å². The van der Waals surface area contributed by atoms with Crippen LogP contribution in [0.2, 0.25) is 0 Å². The van der Waals surface area contributed by atoms with Crippen LogP contribution in [0.4, 0.5) is 0 Å². The van der Waals surface area contributed by atoms with E-state index >= 15 is 0 Å². The zero-order chi connectivity index (χ0) is 22.5. The minimum atomic E-state index is -0.286. The Labute approximate surface area is 197 Å². The highest BCUT2D eigenvalue weighted by molar-refractivity contribution is 9.10. The predicted molar refractivity (Wildman–Crippen MR) is 133 cm³/mol. The number of thioether (sulfide) groups is 1. The summed E-state index contributed by atoms with van der Waals surface area (Å²) in [5.41, 5.74) is 5.29. The van der Waals surface area contributed by atoms with Gasteiger partial charge in [0.25, 0.3) is 11.5 Å². The molecule has 32 heavy (non-hydrogen) atoms. The van der Waals surface area contributed by atoms with Crippen molar-refractivity contribution in [1.29, 1.82) is 0 Å². The van der Waals surface area contributed by atoms with Crippen LogP contribution < -0.4 is 11.0 Å². The number of nitrogens with one attached hydrogen (secondary N) is 1. The summed E-state index contributed by atoms with van der Waals surface area (Å²) >= 11 is 4.62. The average molecular weight is 507 g/mol. The van der Waals surface area contributed by atoms with Crippen LogP contribution in [0, 0.1) is 0 Å². The van der Waals surface area contributed by atoms with Gasteiger partial charge in [0.1, 0.15) is 0 Å². The number of hydrazone groups is 1. The molecule has 1 heterocycles. The lowest BCUT2D eigenvalue weighted by molar-refractivity contribution is -0.118. The molecule has 160 valence electrons. The van der Waals surface area contributed by atoms with E-state index in [4.69, 9.17) is 0 Å². The van der Waals surface area contributed by atoms with E-state index in [1.54, 1.807) is 12.1 Å². The molecule has 1 aromatic heterocycles. The van der Waals surface area contributed by atoms with E-state index < -0.39 is 0 Å². The Hall–Kier alpha value is -3.23. The molecule has 1 amide bonds. The molecule has 0 spiro atoms. The second-order valence-electron chi connectivity index (χ2n) is 6.92. The third-order valence-corrected chi connectivity index (χ3v) is 6.11. The van der Waals surface area contributed by atoms with Crippen LogP contribution in [-0.4, -0.2) is 26.9 Å². The first-order valence-electron chi connectivity index (χ1n) is 9.82. The van der Waals surface area contributed by atoms with Gasteiger partial charge < -0.3 is 0 Å². The third-order valence-electron chi connectivity index (χ3n) is 4.68. The highest BCUT2D eigenvalue weighted by Gasteiger charge is 2.14. The van der Waals surface area contributed by atoms with Crippen molar-refractivity contribution in [1.82, 2.24) is 15.0 Å². The molecule has 6 nitrogen and oxygen atoms in total. The summed E-state index contributed by atoms with van der Waals surface area (Å²) in [4.78, 5) is 30.3. The van der Waals surface area contributed by atoms with Gasteiger partial charge in [0.05, 0.1) is 28.1 Å². The van der Waals surface area contributed by atoms with Gasteiger partial charge in [-0.3, -0.25) is 14.2 Å². The van der Waals surface area contributed by atoms with Crippen LogP contribution in [0.5, 0.6) is 0 Å². The molecule has 4 rings (SSSR count). The molecule has 8 heteroatoms. The molecule has 0 aliphatic rings. The van der Waals surface area contributed by atoms with Gasteiger partial charge in [0.15, 0.2) is 5.16 Å².